The van der Waals surface area contributed by atoms with Crippen LogP contribution in [0, 0.1) is 0 Å². The van der Waals surface area contributed by atoms with Crippen molar-refractivity contribution >= 4 is 40.7 Å². The number of carbonyl (C=O) groups is 2. The van der Waals surface area contributed by atoms with Crippen molar-refractivity contribution in [1.29, 1.82) is 0 Å². The Kier molecular flexibility index (Phi) is 7.48. The van der Waals surface area contributed by atoms with Gasteiger partial charge in [0.2, 0.25) is 0 Å². The molecule has 2 aromatic rings. The Morgan fingerprint density at radius 1 is 1.09 bits per heavy atom. The molecule has 3 rings (SSSR count). The van der Waals surface area contributed by atoms with Gasteiger partial charge in [-0.25, -0.2) is 9.59 Å². The number of nitrogens with one attached hydrogen (secondary N) is 3. The Morgan fingerprint density at radius 3 is 2.41 bits per heavy atom. The quantitative estimate of drug-likeness (QED) is 0.439. The number of aryl methyl sites for hydroxylation is 1. The van der Waals surface area contributed by atoms with Crippen LogP contribution in [0.15, 0.2) is 59.8 Å². The molecule has 0 radical (unpaired) electrons. The van der Waals surface area contributed by atoms with Gasteiger partial charge in [-0.2, -0.15) is 0 Å². The summed E-state index contributed by atoms with van der Waals surface area (Å²) in [4.78, 5) is 26.8. The Morgan fingerprint density at radius 2 is 1.78 bits per heavy atom. The van der Waals surface area contributed by atoms with E-state index in [1.54, 1.807) is 12.1 Å². The minimum Gasteiger partial charge on any atom is -0.466 e. The molecule has 8 heteroatoms. The standard InChI is InChI=1S/C24H28N4O3S/c1-5-16-8-7-9-19(14-16)26-23(30)25-18-12-10-17(11-13-18)21-20(22(29)31-4)15(3)28(6-2)24(32)27-21/h7-14,21H,5-6H2,1-4H3,(H,27,32)(H2,25,26,30). The van der Waals surface area contributed by atoms with E-state index in [2.05, 4.69) is 22.9 Å². The summed E-state index contributed by atoms with van der Waals surface area (Å²) in [5.41, 5.74) is 4.64. The fourth-order valence-electron chi connectivity index (χ4n) is 3.71. The number of thiocarbonyl (C=S) groups is 1. The molecule has 7 nitrogen and oxygen atoms in total. The lowest BCUT2D eigenvalue weighted by Gasteiger charge is -2.36. The fourth-order valence-corrected chi connectivity index (χ4v) is 4.09. The van der Waals surface area contributed by atoms with E-state index in [1.807, 2.05) is 55.1 Å². The summed E-state index contributed by atoms with van der Waals surface area (Å²) in [6, 6.07) is 14.3. The van der Waals surface area contributed by atoms with Crippen molar-refractivity contribution < 1.29 is 14.3 Å². The summed E-state index contributed by atoms with van der Waals surface area (Å²) in [5, 5.41) is 9.46. The number of benzene rings is 2. The average molecular weight is 453 g/mol. The Labute approximate surface area is 193 Å². The van der Waals surface area contributed by atoms with Crippen molar-refractivity contribution in [3.05, 3.63) is 70.9 Å². The predicted molar refractivity (Wildman–Crippen MR) is 130 cm³/mol. The van der Waals surface area contributed by atoms with Gasteiger partial charge in [0, 0.05) is 23.6 Å². The van der Waals surface area contributed by atoms with E-state index in [-0.39, 0.29) is 6.03 Å². The zero-order valence-electron chi connectivity index (χ0n) is 18.7. The number of urea groups is 1. The summed E-state index contributed by atoms with van der Waals surface area (Å²) in [5.74, 6) is -0.406. The van der Waals surface area contributed by atoms with Crippen LogP contribution in [-0.2, 0) is 16.0 Å². The van der Waals surface area contributed by atoms with Crippen molar-refractivity contribution in [2.45, 2.75) is 33.2 Å². The molecule has 3 N–H and O–H groups in total. The molecule has 1 aliphatic heterocycles. The zero-order valence-corrected chi connectivity index (χ0v) is 19.5. The molecule has 32 heavy (non-hydrogen) atoms. The Balaban J connectivity index is 1.76. The predicted octanol–water partition coefficient (Wildman–Crippen LogP) is 4.59. The molecular formula is C24H28N4O3S. The van der Waals surface area contributed by atoms with Gasteiger partial charge < -0.3 is 25.6 Å². The van der Waals surface area contributed by atoms with Gasteiger partial charge in [0.05, 0.1) is 18.7 Å². The van der Waals surface area contributed by atoms with Crippen molar-refractivity contribution in [3.8, 4) is 0 Å². The summed E-state index contributed by atoms with van der Waals surface area (Å²) >= 11 is 5.48. The van der Waals surface area contributed by atoms with E-state index in [9.17, 15) is 9.59 Å². The Bertz CT molecular complexity index is 1050. The van der Waals surface area contributed by atoms with E-state index in [4.69, 9.17) is 17.0 Å². The van der Waals surface area contributed by atoms with Crippen LogP contribution in [0.3, 0.4) is 0 Å². The van der Waals surface area contributed by atoms with Crippen LogP contribution in [0.25, 0.3) is 0 Å². The molecule has 1 aliphatic rings. The van der Waals surface area contributed by atoms with Crippen LogP contribution in [0.2, 0.25) is 0 Å². The van der Waals surface area contributed by atoms with Gasteiger partial charge in [-0.05, 0) is 67.9 Å². The highest BCUT2D eigenvalue weighted by Gasteiger charge is 2.33. The van der Waals surface area contributed by atoms with Crippen molar-refractivity contribution in [1.82, 2.24) is 10.2 Å². The lowest BCUT2D eigenvalue weighted by atomic mass is 9.95. The van der Waals surface area contributed by atoms with Gasteiger partial charge >= 0.3 is 12.0 Å². The highest BCUT2D eigenvalue weighted by Crippen LogP contribution is 2.31. The second kappa shape index (κ2) is 10.3. The third kappa shape index (κ3) is 5.08. The maximum Gasteiger partial charge on any atom is 0.337 e. The number of allylic oxidation sites excluding steroid dienone is 1. The molecule has 168 valence electrons. The molecule has 0 saturated heterocycles. The van der Waals surface area contributed by atoms with Gasteiger partial charge in [0.1, 0.15) is 0 Å². The fraction of sp³-hybridized carbons (Fsp3) is 0.292. The topological polar surface area (TPSA) is 82.7 Å². The van der Waals surface area contributed by atoms with Crippen molar-refractivity contribution in [2.24, 2.45) is 0 Å². The number of hydrogen-bond acceptors (Lipinski definition) is 4. The molecule has 0 aromatic heterocycles. The SMILES string of the molecule is CCc1cccc(NC(=O)Nc2ccc(C3NC(=S)N(CC)C(C)=C3C(=O)OC)cc2)c1. The van der Waals surface area contributed by atoms with Gasteiger partial charge in [0.25, 0.3) is 0 Å². The number of carbonyl (C=O) groups excluding carboxylic acids is 2. The number of nitrogens with zero attached hydrogens (tertiary/aromatic N) is 1. The number of amides is 2. The van der Waals surface area contributed by atoms with E-state index < -0.39 is 12.0 Å². The lowest BCUT2D eigenvalue weighted by molar-refractivity contribution is -0.136. The first kappa shape index (κ1) is 23.3. The number of hydrogen-bond donors (Lipinski definition) is 3. The zero-order chi connectivity index (χ0) is 23.3. The van der Waals surface area contributed by atoms with E-state index in [1.165, 1.54) is 7.11 Å². The highest BCUT2D eigenvalue weighted by molar-refractivity contribution is 7.80. The molecule has 1 unspecified atom stereocenters. The molecule has 1 atom stereocenters. The number of methoxy groups -OCH3 is 1. The van der Waals surface area contributed by atoms with E-state index >= 15 is 0 Å². The van der Waals surface area contributed by atoms with E-state index in [0.29, 0.717) is 22.9 Å². The van der Waals surface area contributed by atoms with Gasteiger partial charge in [-0.1, -0.05) is 31.2 Å². The summed E-state index contributed by atoms with van der Waals surface area (Å²) in [6.45, 7) is 6.54. The molecule has 0 saturated carbocycles. The first-order valence-corrected chi connectivity index (χ1v) is 10.9. The lowest BCUT2D eigenvalue weighted by Crippen LogP contribution is -2.47. The number of rotatable bonds is 6. The largest absolute Gasteiger partial charge is 0.466 e. The van der Waals surface area contributed by atoms with Crippen LogP contribution in [0.1, 0.15) is 37.9 Å². The second-order valence-electron chi connectivity index (χ2n) is 7.37. The molecule has 0 spiro atoms. The van der Waals surface area contributed by atoms with Crippen LogP contribution in [0.4, 0.5) is 16.2 Å². The van der Waals surface area contributed by atoms with Crippen molar-refractivity contribution in [3.63, 3.8) is 0 Å². The van der Waals surface area contributed by atoms with Crippen molar-refractivity contribution in [2.75, 3.05) is 24.3 Å². The number of anilines is 2. The molecule has 0 bridgehead atoms. The minimum atomic E-state index is -0.433. The first-order chi connectivity index (χ1) is 15.4. The highest BCUT2D eigenvalue weighted by atomic mass is 32.1. The third-order valence-corrected chi connectivity index (χ3v) is 5.75. The Hall–Kier alpha value is -3.39. The van der Waals surface area contributed by atoms with Gasteiger partial charge in [-0.15, -0.1) is 0 Å². The third-order valence-electron chi connectivity index (χ3n) is 5.41. The van der Waals surface area contributed by atoms with Crippen LogP contribution >= 0.6 is 12.2 Å². The maximum absolute atomic E-state index is 12.5. The normalized spacial score (nSPS) is 15.8. The summed E-state index contributed by atoms with van der Waals surface area (Å²) in [6.07, 6.45) is 0.898. The molecule has 0 fully saturated rings. The molecule has 0 aliphatic carbocycles. The monoisotopic (exact) mass is 452 g/mol. The molecule has 1 heterocycles. The van der Waals surface area contributed by atoms with Crippen LogP contribution < -0.4 is 16.0 Å². The van der Waals surface area contributed by atoms with Crippen LogP contribution in [-0.4, -0.2) is 35.7 Å². The maximum atomic E-state index is 12.5. The van der Waals surface area contributed by atoms with Gasteiger partial charge in [0.15, 0.2) is 5.11 Å². The minimum absolute atomic E-state index is 0.326. The molecular weight excluding hydrogens is 424 g/mol. The second-order valence-corrected chi connectivity index (χ2v) is 7.76. The smallest absolute Gasteiger partial charge is 0.337 e. The first-order valence-electron chi connectivity index (χ1n) is 10.5. The van der Waals surface area contributed by atoms with Gasteiger partial charge in [-0.3, -0.25) is 0 Å². The molecule has 2 amide bonds. The number of ether oxygens (including phenoxy) is 1. The summed E-state index contributed by atoms with van der Waals surface area (Å²) in [7, 11) is 1.37. The summed E-state index contributed by atoms with van der Waals surface area (Å²) < 4.78 is 5.02. The van der Waals surface area contributed by atoms with Crippen LogP contribution in [0.5, 0.6) is 0 Å². The average Bonchev–Trinajstić information content (AvgIpc) is 2.79. The van der Waals surface area contributed by atoms with E-state index in [0.717, 1.165) is 28.9 Å². The molecule has 2 aromatic carbocycles. The number of esters is 1.